The third kappa shape index (κ3) is 3.75. The van der Waals surface area contributed by atoms with Crippen LogP contribution in [0, 0.1) is 0 Å². The lowest BCUT2D eigenvalue weighted by Gasteiger charge is -2.18. The van der Waals surface area contributed by atoms with Gasteiger partial charge in [-0.3, -0.25) is 20.2 Å². The predicted octanol–water partition coefficient (Wildman–Crippen LogP) is 0.609. The van der Waals surface area contributed by atoms with Crippen LogP contribution < -0.4 is 21.4 Å². The van der Waals surface area contributed by atoms with Crippen molar-refractivity contribution in [3.63, 3.8) is 0 Å². The number of benzene rings is 2. The van der Waals surface area contributed by atoms with Gasteiger partial charge in [-0.15, -0.1) is 5.53 Å². The van der Waals surface area contributed by atoms with E-state index in [0.717, 1.165) is 17.0 Å². The molecule has 0 saturated carbocycles. The topological polar surface area (TPSA) is 114 Å². The van der Waals surface area contributed by atoms with Crippen LogP contribution in [0.1, 0.15) is 10.4 Å². The summed E-state index contributed by atoms with van der Waals surface area (Å²) in [7, 11) is -4.53. The van der Waals surface area contributed by atoms with Crippen molar-refractivity contribution >= 4 is 39.0 Å². The molecule has 4 N–H and O–H groups in total. The minimum absolute atomic E-state index is 0.210. The van der Waals surface area contributed by atoms with Gasteiger partial charge in [0.05, 0.1) is 11.3 Å². The molecule has 1 amide bonds. The predicted molar refractivity (Wildman–Crippen MR) is 93.4 cm³/mol. The van der Waals surface area contributed by atoms with Crippen LogP contribution in [0.5, 0.6) is 0 Å². The highest BCUT2D eigenvalue weighted by Gasteiger charge is 2.28. The van der Waals surface area contributed by atoms with Crippen LogP contribution in [0.25, 0.3) is 0 Å². The molecule has 9 nitrogen and oxygen atoms in total. The van der Waals surface area contributed by atoms with Crippen molar-refractivity contribution in [2.75, 3.05) is 5.01 Å². The van der Waals surface area contributed by atoms with Gasteiger partial charge < -0.3 is 0 Å². The first-order valence-corrected chi connectivity index (χ1v) is 8.81. The molecule has 1 aliphatic rings. The Morgan fingerprint density at radius 3 is 2.40 bits per heavy atom. The van der Waals surface area contributed by atoms with E-state index in [2.05, 4.69) is 16.4 Å². The van der Waals surface area contributed by atoms with Gasteiger partial charge in [0, 0.05) is 0 Å². The monoisotopic (exact) mass is 379 g/mol. The standard InChI is InChI=1S/C14H13N5O4S2/c20-13(11-8-4-5-9-12(11)25(21,22)23)15-19-16-14(24)18(17-19)10-6-2-1-3-7-10/h1-9,17H,(H,15,20)(H,16,24)(H,21,22,23). The summed E-state index contributed by atoms with van der Waals surface area (Å²) in [5.41, 5.74) is 8.41. The second-order valence-corrected chi connectivity index (χ2v) is 6.71. The lowest BCUT2D eigenvalue weighted by molar-refractivity contribution is 0.0632. The van der Waals surface area contributed by atoms with Gasteiger partial charge in [-0.1, -0.05) is 30.3 Å². The summed E-state index contributed by atoms with van der Waals surface area (Å²) in [5.74, 6) is -0.758. The Kier molecular flexibility index (Phi) is 4.65. The van der Waals surface area contributed by atoms with Crippen molar-refractivity contribution < 1.29 is 17.8 Å². The molecular formula is C14H13N5O4S2. The summed E-state index contributed by atoms with van der Waals surface area (Å²) in [4.78, 5) is 11.9. The number of nitrogens with one attached hydrogen (secondary N) is 3. The third-order valence-electron chi connectivity index (χ3n) is 3.25. The molecule has 0 bridgehead atoms. The molecule has 0 unspecified atom stereocenters. The van der Waals surface area contributed by atoms with Crippen molar-refractivity contribution in [2.24, 2.45) is 0 Å². The Labute approximate surface area is 148 Å². The van der Waals surface area contributed by atoms with Gasteiger partial charge in [0.15, 0.2) is 0 Å². The van der Waals surface area contributed by atoms with Crippen LogP contribution >= 0.6 is 12.2 Å². The van der Waals surface area contributed by atoms with E-state index in [9.17, 15) is 17.8 Å². The molecule has 1 heterocycles. The fourth-order valence-electron chi connectivity index (χ4n) is 2.16. The first kappa shape index (κ1) is 17.3. The summed E-state index contributed by atoms with van der Waals surface area (Å²) in [6.07, 6.45) is 0. The van der Waals surface area contributed by atoms with Crippen molar-refractivity contribution in [3.05, 3.63) is 60.2 Å². The molecule has 3 rings (SSSR count). The summed E-state index contributed by atoms with van der Waals surface area (Å²) >= 11 is 5.18. The number of hydrogen-bond donors (Lipinski definition) is 4. The maximum absolute atomic E-state index is 12.3. The third-order valence-corrected chi connectivity index (χ3v) is 4.43. The van der Waals surface area contributed by atoms with E-state index in [0.29, 0.717) is 0 Å². The number of thiocarbonyl (C=S) groups is 1. The van der Waals surface area contributed by atoms with Crippen LogP contribution in [0.2, 0.25) is 0 Å². The van der Waals surface area contributed by atoms with Gasteiger partial charge in [0.2, 0.25) is 5.11 Å². The van der Waals surface area contributed by atoms with Crippen molar-refractivity contribution in [3.8, 4) is 0 Å². The molecule has 1 fully saturated rings. The molecular weight excluding hydrogens is 366 g/mol. The maximum Gasteiger partial charge on any atom is 0.295 e. The summed E-state index contributed by atoms with van der Waals surface area (Å²) in [6, 6.07) is 14.4. The van der Waals surface area contributed by atoms with Crippen LogP contribution in [-0.4, -0.2) is 29.2 Å². The number of para-hydroxylation sites is 1. The molecule has 2 aromatic carbocycles. The number of carbonyl (C=O) groups excluding carboxylic acids is 1. The summed E-state index contributed by atoms with van der Waals surface area (Å²) < 4.78 is 32.0. The number of hydrazine groups is 4. The van der Waals surface area contributed by atoms with Crippen molar-refractivity contribution in [1.29, 1.82) is 0 Å². The lowest BCUT2D eigenvalue weighted by atomic mass is 10.2. The minimum atomic E-state index is -4.53. The van der Waals surface area contributed by atoms with Gasteiger partial charge in [0.1, 0.15) is 4.90 Å². The van der Waals surface area contributed by atoms with E-state index in [1.165, 1.54) is 23.2 Å². The maximum atomic E-state index is 12.3. The highest BCUT2D eigenvalue weighted by Crippen LogP contribution is 2.16. The largest absolute Gasteiger partial charge is 0.295 e. The Hall–Kier alpha value is -2.57. The van der Waals surface area contributed by atoms with Crippen LogP contribution in [-0.2, 0) is 10.1 Å². The number of rotatable bonds is 4. The number of carbonyl (C=O) groups is 1. The smallest absolute Gasteiger partial charge is 0.282 e. The fraction of sp³-hybridized carbons (Fsp3) is 0. The Balaban J connectivity index is 1.76. The first-order valence-electron chi connectivity index (χ1n) is 6.96. The SMILES string of the molecule is O=C(NN1NC(=S)N(c2ccccc2)N1)c1ccccc1S(=O)(=O)O. The first-order chi connectivity index (χ1) is 11.9. The lowest BCUT2D eigenvalue weighted by Crippen LogP contribution is -2.53. The molecule has 25 heavy (non-hydrogen) atoms. The van der Waals surface area contributed by atoms with Gasteiger partial charge in [-0.2, -0.15) is 8.42 Å². The summed E-state index contributed by atoms with van der Waals surface area (Å²) in [5, 5.41) is 2.86. The van der Waals surface area contributed by atoms with E-state index < -0.39 is 20.9 Å². The molecule has 0 aliphatic carbocycles. The number of anilines is 1. The van der Waals surface area contributed by atoms with Gasteiger partial charge in [0.25, 0.3) is 16.0 Å². The second-order valence-electron chi connectivity index (χ2n) is 4.94. The Bertz CT molecular complexity index is 920. The molecule has 0 atom stereocenters. The molecule has 1 saturated heterocycles. The Morgan fingerprint density at radius 2 is 1.72 bits per heavy atom. The van der Waals surface area contributed by atoms with E-state index in [4.69, 9.17) is 12.2 Å². The Morgan fingerprint density at radius 1 is 1.08 bits per heavy atom. The molecule has 0 radical (unpaired) electrons. The fourth-order valence-corrected chi connectivity index (χ4v) is 3.09. The molecule has 0 aromatic heterocycles. The molecule has 11 heteroatoms. The quantitative estimate of drug-likeness (QED) is 0.448. The van der Waals surface area contributed by atoms with Gasteiger partial charge in [-0.25, -0.2) is 5.01 Å². The highest BCUT2D eigenvalue weighted by atomic mass is 32.2. The van der Waals surface area contributed by atoms with Gasteiger partial charge in [-0.05, 0) is 41.7 Å². The minimum Gasteiger partial charge on any atom is -0.282 e. The van der Waals surface area contributed by atoms with Crippen LogP contribution in [0.15, 0.2) is 59.5 Å². The van der Waals surface area contributed by atoms with Crippen molar-refractivity contribution in [2.45, 2.75) is 4.90 Å². The number of nitrogens with zero attached hydrogens (tertiary/aromatic N) is 2. The average molecular weight is 379 g/mol. The molecule has 130 valence electrons. The van der Waals surface area contributed by atoms with Crippen LogP contribution in [0.3, 0.4) is 0 Å². The summed E-state index contributed by atoms with van der Waals surface area (Å²) in [6.45, 7) is 0. The van der Waals surface area contributed by atoms with Crippen molar-refractivity contribution in [1.82, 2.24) is 21.6 Å². The second kappa shape index (κ2) is 6.74. The molecule has 1 aliphatic heterocycles. The zero-order valence-electron chi connectivity index (χ0n) is 12.6. The zero-order chi connectivity index (χ0) is 18.0. The van der Waals surface area contributed by atoms with E-state index in [-0.39, 0.29) is 10.7 Å². The molecule has 0 spiro atoms. The zero-order valence-corrected chi connectivity index (χ0v) is 14.2. The highest BCUT2D eigenvalue weighted by molar-refractivity contribution is 7.86. The van der Waals surface area contributed by atoms with E-state index in [1.807, 2.05) is 18.2 Å². The normalized spacial score (nSPS) is 15.1. The van der Waals surface area contributed by atoms with Gasteiger partial charge >= 0.3 is 0 Å². The number of hydrogen-bond acceptors (Lipinski definition) is 6. The van der Waals surface area contributed by atoms with E-state index >= 15 is 0 Å². The average Bonchev–Trinajstić information content (AvgIpc) is 2.95. The van der Waals surface area contributed by atoms with E-state index in [1.54, 1.807) is 12.1 Å². The van der Waals surface area contributed by atoms with Crippen LogP contribution in [0.4, 0.5) is 5.69 Å². The number of amides is 1. The molecule has 2 aromatic rings.